The lowest BCUT2D eigenvalue weighted by molar-refractivity contribution is 0.201. The minimum atomic E-state index is -0.199. The van der Waals surface area contributed by atoms with Gasteiger partial charge in [-0.1, -0.05) is 11.8 Å². The molecule has 0 amide bonds. The first kappa shape index (κ1) is 16.9. The monoisotopic (exact) mass is 370 g/mol. The maximum atomic E-state index is 13.4. The first-order valence-corrected chi connectivity index (χ1v) is 9.54. The molecule has 1 fully saturated rings. The number of ether oxygens (including phenoxy) is 1. The second-order valence-electron chi connectivity index (χ2n) is 6.14. The second-order valence-corrected chi connectivity index (χ2v) is 6.92. The van der Waals surface area contributed by atoms with Gasteiger partial charge in [0.25, 0.3) is 0 Å². The number of halogens is 1. The zero-order chi connectivity index (χ0) is 18.1. The molecule has 7 heteroatoms. The fraction of sp³-hybridized carbons (Fsp3) is 0.263. The van der Waals surface area contributed by atoms with E-state index in [2.05, 4.69) is 14.5 Å². The van der Waals surface area contributed by atoms with E-state index in [4.69, 9.17) is 9.73 Å². The van der Waals surface area contributed by atoms with Crippen molar-refractivity contribution in [1.29, 1.82) is 0 Å². The summed E-state index contributed by atoms with van der Waals surface area (Å²) in [6.07, 6.45) is 5.77. The summed E-state index contributed by atoms with van der Waals surface area (Å²) in [5, 5.41) is 1.90. The molecule has 5 nitrogen and oxygen atoms in total. The highest BCUT2D eigenvalue weighted by Gasteiger charge is 2.31. The summed E-state index contributed by atoms with van der Waals surface area (Å²) in [7, 11) is 1.60. The van der Waals surface area contributed by atoms with Crippen LogP contribution in [0, 0.1) is 5.82 Å². The van der Waals surface area contributed by atoms with E-state index in [1.165, 1.54) is 6.07 Å². The average molecular weight is 370 g/mol. The fourth-order valence-corrected chi connectivity index (χ4v) is 3.76. The number of rotatable bonds is 3. The molecule has 26 heavy (non-hydrogen) atoms. The summed E-state index contributed by atoms with van der Waals surface area (Å²) in [6, 6.07) is 11.0. The van der Waals surface area contributed by atoms with Crippen molar-refractivity contribution in [1.82, 2.24) is 14.5 Å². The number of pyridine rings is 1. The summed E-state index contributed by atoms with van der Waals surface area (Å²) in [5.74, 6) is 0.380. The maximum Gasteiger partial charge on any atom is 0.213 e. The third-order valence-electron chi connectivity index (χ3n) is 4.55. The molecule has 1 aliphatic rings. The van der Waals surface area contributed by atoms with Crippen LogP contribution < -0.4 is 4.74 Å². The Bertz CT molecular complexity index is 948. The molecule has 1 aromatic carbocycles. The number of benzene rings is 1. The van der Waals surface area contributed by atoms with Gasteiger partial charge in [0.15, 0.2) is 5.17 Å². The maximum absolute atomic E-state index is 13.4. The van der Waals surface area contributed by atoms with Gasteiger partial charge in [0.2, 0.25) is 5.88 Å². The molecule has 3 heterocycles. The largest absolute Gasteiger partial charge is 0.481 e. The van der Waals surface area contributed by atoms with Gasteiger partial charge in [0.05, 0.1) is 25.0 Å². The Morgan fingerprint density at radius 1 is 1.27 bits per heavy atom. The Balaban J connectivity index is 1.48. The van der Waals surface area contributed by atoms with Crippen molar-refractivity contribution in [3.8, 4) is 5.88 Å². The minimum Gasteiger partial charge on any atom is -0.481 e. The van der Waals surface area contributed by atoms with E-state index in [0.717, 1.165) is 34.8 Å². The molecule has 0 spiro atoms. The van der Waals surface area contributed by atoms with Crippen LogP contribution in [0.3, 0.4) is 0 Å². The van der Waals surface area contributed by atoms with E-state index >= 15 is 0 Å². The van der Waals surface area contributed by atoms with Crippen LogP contribution in [0.15, 0.2) is 53.8 Å². The Labute approximate surface area is 155 Å². The van der Waals surface area contributed by atoms with Crippen LogP contribution in [0.1, 0.15) is 6.04 Å². The minimum absolute atomic E-state index is 0.199. The van der Waals surface area contributed by atoms with Gasteiger partial charge in [-0.25, -0.2) is 14.4 Å². The van der Waals surface area contributed by atoms with E-state index in [9.17, 15) is 4.39 Å². The molecule has 3 aromatic rings. The lowest BCUT2D eigenvalue weighted by Crippen LogP contribution is -2.49. The SMILES string of the molecule is COc1ccc(/N=C(/SC)N2CC(n3ccc4cc(F)ccc43)C2)cn1. The molecule has 1 saturated heterocycles. The van der Waals surface area contributed by atoms with Crippen molar-refractivity contribution in [2.75, 3.05) is 26.5 Å². The van der Waals surface area contributed by atoms with Crippen LogP contribution in [-0.4, -0.2) is 46.1 Å². The molecular formula is C19H19FN4OS. The zero-order valence-electron chi connectivity index (χ0n) is 14.6. The van der Waals surface area contributed by atoms with E-state index in [1.54, 1.807) is 37.2 Å². The van der Waals surface area contributed by atoms with Crippen LogP contribution in [0.25, 0.3) is 10.9 Å². The highest BCUT2D eigenvalue weighted by molar-refractivity contribution is 8.13. The lowest BCUT2D eigenvalue weighted by Gasteiger charge is -2.41. The Morgan fingerprint density at radius 2 is 2.12 bits per heavy atom. The molecule has 0 unspecified atom stereocenters. The normalized spacial score (nSPS) is 15.3. The Hall–Kier alpha value is -2.54. The van der Waals surface area contributed by atoms with Crippen molar-refractivity contribution >= 4 is 33.5 Å². The topological polar surface area (TPSA) is 42.6 Å². The smallest absolute Gasteiger partial charge is 0.213 e. The molecule has 4 rings (SSSR count). The van der Waals surface area contributed by atoms with Crippen LogP contribution in [-0.2, 0) is 0 Å². The van der Waals surface area contributed by atoms with Gasteiger partial charge in [0.1, 0.15) is 5.82 Å². The average Bonchev–Trinajstić information content (AvgIpc) is 3.03. The van der Waals surface area contributed by atoms with Crippen LogP contribution in [0.2, 0.25) is 0 Å². The summed E-state index contributed by atoms with van der Waals surface area (Å²) in [5.41, 5.74) is 1.87. The zero-order valence-corrected chi connectivity index (χ0v) is 15.4. The van der Waals surface area contributed by atoms with Crippen molar-refractivity contribution < 1.29 is 9.13 Å². The van der Waals surface area contributed by atoms with Gasteiger partial charge in [-0.3, -0.25) is 0 Å². The highest BCUT2D eigenvalue weighted by atomic mass is 32.2. The summed E-state index contributed by atoms with van der Waals surface area (Å²) < 4.78 is 20.7. The van der Waals surface area contributed by atoms with E-state index in [0.29, 0.717) is 11.9 Å². The quantitative estimate of drug-likeness (QED) is 0.514. The van der Waals surface area contributed by atoms with Crippen molar-refractivity contribution in [2.45, 2.75) is 6.04 Å². The first-order chi connectivity index (χ1) is 12.7. The van der Waals surface area contributed by atoms with Gasteiger partial charge in [0, 0.05) is 36.3 Å². The van der Waals surface area contributed by atoms with Crippen LogP contribution >= 0.6 is 11.8 Å². The molecule has 0 bridgehead atoms. The third kappa shape index (κ3) is 3.14. The number of nitrogens with zero attached hydrogens (tertiary/aromatic N) is 4. The van der Waals surface area contributed by atoms with Crippen molar-refractivity contribution in [2.24, 2.45) is 4.99 Å². The summed E-state index contributed by atoms with van der Waals surface area (Å²) in [6.45, 7) is 1.76. The predicted octanol–water partition coefficient (Wildman–Crippen LogP) is 4.09. The number of amidine groups is 1. The number of aliphatic imine (C=N–C) groups is 1. The summed E-state index contributed by atoms with van der Waals surface area (Å²) >= 11 is 1.62. The number of methoxy groups -OCH3 is 1. The van der Waals surface area contributed by atoms with E-state index in [1.807, 2.05) is 30.7 Å². The van der Waals surface area contributed by atoms with Gasteiger partial charge >= 0.3 is 0 Å². The number of thioether (sulfide) groups is 1. The molecule has 0 atom stereocenters. The number of hydrogen-bond donors (Lipinski definition) is 0. The van der Waals surface area contributed by atoms with Gasteiger partial charge < -0.3 is 14.2 Å². The molecule has 1 aliphatic heterocycles. The Morgan fingerprint density at radius 3 is 2.81 bits per heavy atom. The predicted molar refractivity (Wildman–Crippen MR) is 104 cm³/mol. The summed E-state index contributed by atoms with van der Waals surface area (Å²) in [4.78, 5) is 11.1. The van der Waals surface area contributed by atoms with E-state index < -0.39 is 0 Å². The molecule has 2 aromatic heterocycles. The molecule has 0 aliphatic carbocycles. The highest BCUT2D eigenvalue weighted by Crippen LogP contribution is 2.30. The van der Waals surface area contributed by atoms with Crippen LogP contribution in [0.5, 0.6) is 5.88 Å². The van der Waals surface area contributed by atoms with Crippen molar-refractivity contribution in [3.05, 3.63) is 54.6 Å². The van der Waals surface area contributed by atoms with Crippen molar-refractivity contribution in [3.63, 3.8) is 0 Å². The second kappa shape index (κ2) is 6.99. The molecular weight excluding hydrogens is 351 g/mol. The first-order valence-electron chi connectivity index (χ1n) is 8.31. The number of hydrogen-bond acceptors (Lipinski definition) is 4. The molecule has 0 saturated carbocycles. The molecule has 0 N–H and O–H groups in total. The number of aromatic nitrogens is 2. The van der Waals surface area contributed by atoms with Crippen LogP contribution in [0.4, 0.5) is 10.1 Å². The molecule has 0 radical (unpaired) electrons. The third-order valence-corrected chi connectivity index (χ3v) is 5.26. The molecule has 134 valence electrons. The number of likely N-dealkylation sites (tertiary alicyclic amines) is 1. The fourth-order valence-electron chi connectivity index (χ4n) is 3.16. The standard InChI is InChI=1S/C19H19FN4OS/c1-25-18-6-4-15(10-21-18)22-19(26-2)23-11-16(12-23)24-8-7-13-9-14(20)3-5-17(13)24/h3-10,16H,11-12H2,1-2H3/b22-19+. The van der Waals surface area contributed by atoms with Gasteiger partial charge in [-0.15, -0.1) is 0 Å². The lowest BCUT2D eigenvalue weighted by atomic mass is 10.1. The van der Waals surface area contributed by atoms with Gasteiger partial charge in [-0.2, -0.15) is 0 Å². The van der Waals surface area contributed by atoms with Gasteiger partial charge in [-0.05, 0) is 36.6 Å². The number of fused-ring (bicyclic) bond motifs is 1. The van der Waals surface area contributed by atoms with E-state index in [-0.39, 0.29) is 5.82 Å². The Kier molecular flexibility index (Phi) is 4.55.